The van der Waals surface area contributed by atoms with Crippen LogP contribution in [0, 0.1) is 0 Å². The number of nitrogens with zero attached hydrogens (tertiary/aromatic N) is 6. The first kappa shape index (κ1) is 41.4. The molecule has 7 rings (SSSR count). The highest BCUT2D eigenvalue weighted by atomic mass is 16.5. The van der Waals surface area contributed by atoms with Gasteiger partial charge in [-0.25, -0.2) is 9.97 Å². The Labute approximate surface area is 349 Å². The number of anilines is 5. The van der Waals surface area contributed by atoms with E-state index in [4.69, 9.17) is 9.72 Å². The van der Waals surface area contributed by atoms with Gasteiger partial charge in [-0.15, -0.1) is 0 Å². The zero-order valence-corrected chi connectivity index (χ0v) is 34.5. The quantitative estimate of drug-likeness (QED) is 0.0779. The Bertz CT molecular complexity index is 2390. The average molecular weight is 813 g/mol. The van der Waals surface area contributed by atoms with Crippen molar-refractivity contribution in [3.63, 3.8) is 0 Å². The number of nitrogens with one attached hydrogen (secondary N) is 4. The van der Waals surface area contributed by atoms with Crippen LogP contribution in [0.15, 0.2) is 91.8 Å². The number of methoxy groups -OCH3 is 1. The van der Waals surface area contributed by atoms with E-state index in [1.54, 1.807) is 19.4 Å². The second-order valence-electron chi connectivity index (χ2n) is 15.4. The summed E-state index contributed by atoms with van der Waals surface area (Å²) in [4.78, 5) is 64.9. The van der Waals surface area contributed by atoms with Crippen molar-refractivity contribution >= 4 is 63.2 Å². The lowest BCUT2D eigenvalue weighted by atomic mass is 9.89. The van der Waals surface area contributed by atoms with E-state index in [-0.39, 0.29) is 30.2 Å². The van der Waals surface area contributed by atoms with E-state index in [0.717, 1.165) is 46.4 Å². The zero-order chi connectivity index (χ0) is 42.3. The second kappa shape index (κ2) is 18.5. The van der Waals surface area contributed by atoms with Crippen molar-refractivity contribution in [2.75, 3.05) is 74.8 Å². The summed E-state index contributed by atoms with van der Waals surface area (Å²) in [6.07, 6.45) is 7.52. The fraction of sp³-hybridized carbons (Fsp3) is 0.333. The van der Waals surface area contributed by atoms with Gasteiger partial charge in [0.2, 0.25) is 29.6 Å². The van der Waals surface area contributed by atoms with Gasteiger partial charge < -0.3 is 35.1 Å². The Morgan fingerprint density at radius 3 is 2.50 bits per heavy atom. The van der Waals surface area contributed by atoms with Crippen LogP contribution < -0.4 is 30.9 Å². The highest BCUT2D eigenvalue weighted by molar-refractivity contribution is 6.03. The van der Waals surface area contributed by atoms with Gasteiger partial charge in [-0.3, -0.25) is 29.4 Å². The molecule has 2 fully saturated rings. The number of piperidine rings is 2. The number of aryl methyl sites for hydroxylation is 1. The number of likely N-dealkylation sites (tertiary alicyclic amines) is 1. The molecule has 15 heteroatoms. The summed E-state index contributed by atoms with van der Waals surface area (Å²) >= 11 is 0. The summed E-state index contributed by atoms with van der Waals surface area (Å²) in [7, 11) is 7.46. The lowest BCUT2D eigenvalue weighted by Crippen LogP contribution is -2.47. The number of fused-ring (bicyclic) bond motifs is 1. The smallest absolute Gasteiger partial charge is 0.249 e. The molecule has 2 saturated heterocycles. The zero-order valence-electron chi connectivity index (χ0n) is 34.5. The molecule has 15 nitrogen and oxygen atoms in total. The largest absolute Gasteiger partial charge is 0.494 e. The number of benzene rings is 3. The summed E-state index contributed by atoms with van der Waals surface area (Å²) in [5.41, 5.74) is 6.72. The second-order valence-corrected chi connectivity index (χ2v) is 15.4. The maximum absolute atomic E-state index is 13.4. The van der Waals surface area contributed by atoms with Crippen molar-refractivity contribution in [3.8, 4) is 17.0 Å². The molecule has 0 saturated carbocycles. The third-order valence-electron chi connectivity index (χ3n) is 11.3. The molecule has 2 aliphatic rings. The van der Waals surface area contributed by atoms with Crippen LogP contribution in [0.1, 0.15) is 37.2 Å². The fourth-order valence-electron chi connectivity index (χ4n) is 7.87. The Morgan fingerprint density at radius 2 is 1.77 bits per heavy atom. The van der Waals surface area contributed by atoms with Crippen molar-refractivity contribution < 1.29 is 23.9 Å². The van der Waals surface area contributed by atoms with Crippen LogP contribution in [-0.4, -0.2) is 108 Å². The maximum atomic E-state index is 13.4. The first-order valence-electron chi connectivity index (χ1n) is 20.2. The lowest BCUT2D eigenvalue weighted by molar-refractivity contribution is -0.134. The minimum Gasteiger partial charge on any atom is -0.494 e. The maximum Gasteiger partial charge on any atom is 0.249 e. The molecule has 2 aromatic heterocycles. The monoisotopic (exact) mass is 812 g/mol. The van der Waals surface area contributed by atoms with Gasteiger partial charge in [0.1, 0.15) is 11.8 Å². The van der Waals surface area contributed by atoms with Gasteiger partial charge in [-0.1, -0.05) is 36.9 Å². The number of hydrogen-bond acceptors (Lipinski definition) is 11. The molecule has 312 valence electrons. The highest BCUT2D eigenvalue weighted by Crippen LogP contribution is 2.38. The van der Waals surface area contributed by atoms with Crippen molar-refractivity contribution in [3.05, 3.63) is 97.3 Å². The normalized spacial score (nSPS) is 15.8. The Kier molecular flexibility index (Phi) is 12.7. The van der Waals surface area contributed by atoms with Crippen LogP contribution in [0.5, 0.6) is 5.75 Å². The van der Waals surface area contributed by atoms with E-state index in [2.05, 4.69) is 67.9 Å². The summed E-state index contributed by atoms with van der Waals surface area (Å²) in [6.45, 7) is 6.42. The number of para-hydroxylation sites is 1. The van der Waals surface area contributed by atoms with E-state index >= 15 is 0 Å². The number of ether oxygens (including phenoxy) is 1. The van der Waals surface area contributed by atoms with Gasteiger partial charge in [0.15, 0.2) is 0 Å². The fourth-order valence-corrected chi connectivity index (χ4v) is 7.87. The third-order valence-corrected chi connectivity index (χ3v) is 11.3. The molecular weight excluding hydrogens is 761 g/mol. The molecule has 4 heterocycles. The van der Waals surface area contributed by atoms with Gasteiger partial charge in [-0.05, 0) is 74.2 Å². The Hall–Kier alpha value is -6.74. The van der Waals surface area contributed by atoms with Crippen LogP contribution in [0.25, 0.3) is 22.2 Å². The van der Waals surface area contributed by atoms with Crippen molar-refractivity contribution in [1.82, 2.24) is 29.7 Å². The molecule has 4 amide bonds. The molecule has 1 unspecified atom stereocenters. The van der Waals surface area contributed by atoms with Crippen LogP contribution >= 0.6 is 0 Å². The number of amides is 4. The van der Waals surface area contributed by atoms with Crippen LogP contribution in [0.3, 0.4) is 0 Å². The van der Waals surface area contributed by atoms with Gasteiger partial charge in [0.05, 0.1) is 36.4 Å². The van der Waals surface area contributed by atoms with E-state index in [0.29, 0.717) is 68.0 Å². The minimum absolute atomic E-state index is 0.0881. The summed E-state index contributed by atoms with van der Waals surface area (Å²) < 4.78 is 7.90. The minimum atomic E-state index is -0.421. The molecular formula is C45H52N10O5. The average Bonchev–Trinajstić information content (AvgIpc) is 3.60. The van der Waals surface area contributed by atoms with Crippen LogP contribution in [0.2, 0.25) is 0 Å². The van der Waals surface area contributed by atoms with Crippen LogP contribution in [-0.2, 0) is 26.2 Å². The lowest BCUT2D eigenvalue weighted by Gasteiger charge is -2.33. The molecule has 0 spiro atoms. The molecule has 4 N–H and O–H groups in total. The molecule has 0 aliphatic carbocycles. The third kappa shape index (κ3) is 9.58. The standard InChI is InChI=1S/C45H52N10O5/c1-6-41(56)48-36-25-37(50-45-46-20-17-34(49-45)33-27-54(4)38-10-8-7-9-32(33)38)40(60-5)26-39(36)53(3)24-23-52(2)28-43(58)55-21-18-30(19-22-55)29-11-13-31(14-12-29)47-35-15-16-42(57)51-44(35)59/h6-14,17,20,25-27,30,35,47H,1,15-16,18-19,21-24,28H2,2-5H3,(H,48,56)(H,46,49,50)(H,51,57,59). The van der Waals surface area contributed by atoms with Crippen molar-refractivity contribution in [2.24, 2.45) is 7.05 Å². The number of aromatic nitrogens is 3. The predicted octanol–water partition coefficient (Wildman–Crippen LogP) is 5.50. The topological polar surface area (TPSA) is 166 Å². The van der Waals surface area contributed by atoms with Crippen molar-refractivity contribution in [1.29, 1.82) is 0 Å². The molecule has 1 atom stereocenters. The number of carbonyl (C=O) groups is 4. The van der Waals surface area contributed by atoms with Gasteiger partial charge in [0.25, 0.3) is 0 Å². The number of imide groups is 1. The summed E-state index contributed by atoms with van der Waals surface area (Å²) in [6, 6.07) is 21.4. The molecule has 3 aromatic carbocycles. The summed E-state index contributed by atoms with van der Waals surface area (Å²) in [5, 5.41) is 12.9. The number of rotatable bonds is 15. The van der Waals surface area contributed by atoms with E-state index in [1.807, 2.05) is 72.2 Å². The van der Waals surface area contributed by atoms with E-state index in [1.165, 1.54) is 11.6 Å². The SMILES string of the molecule is C=CC(=O)Nc1cc(Nc2nccc(-c3cn(C)c4ccccc34)n2)c(OC)cc1N(C)CCN(C)CC(=O)N1CCC(c2ccc(NC3CCC(=O)NC3=O)cc2)CC1. The molecule has 0 radical (unpaired) electrons. The first-order valence-corrected chi connectivity index (χ1v) is 20.2. The summed E-state index contributed by atoms with van der Waals surface area (Å²) in [5.74, 6) is 0.438. The van der Waals surface area contributed by atoms with Gasteiger partial charge in [-0.2, -0.15) is 0 Å². The molecule has 60 heavy (non-hydrogen) atoms. The number of hydrogen-bond donors (Lipinski definition) is 4. The van der Waals surface area contributed by atoms with E-state index in [9.17, 15) is 19.2 Å². The van der Waals surface area contributed by atoms with Crippen LogP contribution in [0.4, 0.5) is 28.7 Å². The Morgan fingerprint density at radius 1 is 1.00 bits per heavy atom. The number of likely N-dealkylation sites (N-methyl/N-ethyl adjacent to an activating group) is 2. The van der Waals surface area contributed by atoms with Crippen molar-refractivity contribution in [2.45, 2.75) is 37.6 Å². The predicted molar refractivity (Wildman–Crippen MR) is 235 cm³/mol. The first-order chi connectivity index (χ1) is 29.0. The Balaban J connectivity index is 0.943. The van der Waals surface area contributed by atoms with Gasteiger partial charge >= 0.3 is 0 Å². The molecule has 2 aliphatic heterocycles. The molecule has 5 aromatic rings. The molecule has 0 bridgehead atoms. The van der Waals surface area contributed by atoms with E-state index < -0.39 is 6.04 Å². The van der Waals surface area contributed by atoms with Gasteiger partial charge in [0, 0.05) is 87.3 Å². The highest BCUT2D eigenvalue weighted by Gasteiger charge is 2.28. The number of carbonyl (C=O) groups excluding carboxylic acids is 4.